The summed E-state index contributed by atoms with van der Waals surface area (Å²) < 4.78 is 6.01. The van der Waals surface area contributed by atoms with Gasteiger partial charge in [0.1, 0.15) is 5.75 Å². The number of nitrogens with two attached hydrogens (primary N) is 2. The van der Waals surface area contributed by atoms with Crippen LogP contribution in [-0.4, -0.2) is 18.0 Å². The van der Waals surface area contributed by atoms with Crippen LogP contribution in [0.1, 0.15) is 55.3 Å². The molecule has 1 aromatic carbocycles. The highest BCUT2D eigenvalue weighted by Crippen LogP contribution is 2.29. The highest BCUT2D eigenvalue weighted by atomic mass is 35.5. The highest BCUT2D eigenvalue weighted by Gasteiger charge is 2.15. The number of nitrogens with zero attached hydrogens (tertiary/aromatic N) is 1. The van der Waals surface area contributed by atoms with Gasteiger partial charge >= 0.3 is 0 Å². The minimum atomic E-state index is -0.514. The molecule has 1 saturated carbocycles. The van der Waals surface area contributed by atoms with Crippen LogP contribution in [0.25, 0.3) is 0 Å². The van der Waals surface area contributed by atoms with Crippen molar-refractivity contribution in [3.8, 4) is 5.75 Å². The molecule has 23 heavy (non-hydrogen) atoms. The lowest BCUT2D eigenvalue weighted by Crippen LogP contribution is -2.24. The quantitative estimate of drug-likeness (QED) is 0.636. The van der Waals surface area contributed by atoms with Crippen LogP contribution < -0.4 is 16.2 Å². The summed E-state index contributed by atoms with van der Waals surface area (Å²) in [5.41, 5.74) is 10.7. The first-order chi connectivity index (χ1) is 10.6. The molecule has 128 valence electrons. The van der Waals surface area contributed by atoms with Crippen molar-refractivity contribution in [1.29, 1.82) is 0 Å². The van der Waals surface area contributed by atoms with E-state index in [1.807, 2.05) is 0 Å². The first kappa shape index (κ1) is 19.6. The molecule has 0 bridgehead atoms. The Morgan fingerprint density at radius 3 is 2.30 bits per heavy atom. The molecular weight excluding hydrogens is 337 g/mol. The molecule has 1 aliphatic rings. The summed E-state index contributed by atoms with van der Waals surface area (Å²) in [5.74, 6) is -0.177. The maximum Gasteiger partial charge on any atom is 0.280 e. The van der Waals surface area contributed by atoms with Gasteiger partial charge in [-0.05, 0) is 43.9 Å². The monoisotopic (exact) mass is 359 g/mol. The van der Waals surface area contributed by atoms with Gasteiger partial charge in [-0.15, -0.1) is 12.4 Å². The Bertz CT molecular complexity index is 552. The molecule has 4 N–H and O–H groups in total. The number of hydrogen-bond donors (Lipinski definition) is 2. The summed E-state index contributed by atoms with van der Waals surface area (Å²) >= 11 is 6.21. The fourth-order valence-corrected chi connectivity index (χ4v) is 2.85. The van der Waals surface area contributed by atoms with E-state index in [1.54, 1.807) is 12.1 Å². The minimum Gasteiger partial charge on any atom is -0.489 e. The van der Waals surface area contributed by atoms with Crippen LogP contribution in [0.3, 0.4) is 0 Å². The normalized spacial score (nSPS) is 15.7. The molecule has 1 amide bonds. The van der Waals surface area contributed by atoms with Gasteiger partial charge < -0.3 is 16.2 Å². The van der Waals surface area contributed by atoms with Crippen molar-refractivity contribution in [1.82, 2.24) is 0 Å². The molecule has 1 aromatic rings. The zero-order valence-corrected chi connectivity index (χ0v) is 14.5. The van der Waals surface area contributed by atoms with Gasteiger partial charge in [-0.3, -0.25) is 4.79 Å². The van der Waals surface area contributed by atoms with Gasteiger partial charge in [0.15, 0.2) is 5.96 Å². The number of ether oxygens (including phenoxy) is 1. The molecule has 1 aliphatic carbocycles. The van der Waals surface area contributed by atoms with Crippen LogP contribution in [0.15, 0.2) is 23.2 Å². The molecule has 2 rings (SSSR count). The highest BCUT2D eigenvalue weighted by molar-refractivity contribution is 6.32. The standard InChI is InChI=1S/C16H22ClN3O2.ClH/c17-13-10-11(15(21)20-16(18)19)8-9-14(13)22-12-6-4-2-1-3-5-7-12;/h8-10,12H,1-7H2,(H4,18,19,20,21);1H. The number of carbonyl (C=O) groups is 1. The summed E-state index contributed by atoms with van der Waals surface area (Å²) in [4.78, 5) is 15.2. The zero-order chi connectivity index (χ0) is 15.9. The van der Waals surface area contributed by atoms with Gasteiger partial charge in [-0.2, -0.15) is 4.99 Å². The van der Waals surface area contributed by atoms with E-state index in [2.05, 4.69) is 4.99 Å². The Balaban J connectivity index is 0.00000264. The van der Waals surface area contributed by atoms with Crippen LogP contribution in [-0.2, 0) is 0 Å². The predicted molar refractivity (Wildman–Crippen MR) is 95.6 cm³/mol. The van der Waals surface area contributed by atoms with Gasteiger partial charge in [0, 0.05) is 5.56 Å². The smallest absolute Gasteiger partial charge is 0.280 e. The maximum absolute atomic E-state index is 11.7. The third-order valence-electron chi connectivity index (χ3n) is 3.76. The number of halogens is 2. The lowest BCUT2D eigenvalue weighted by molar-refractivity contribution is 0.100. The van der Waals surface area contributed by atoms with Crippen LogP contribution >= 0.6 is 24.0 Å². The van der Waals surface area contributed by atoms with E-state index in [0.29, 0.717) is 16.3 Å². The van der Waals surface area contributed by atoms with Crippen LogP contribution in [0.2, 0.25) is 5.02 Å². The average Bonchev–Trinajstić information content (AvgIpc) is 2.42. The second-order valence-corrected chi connectivity index (χ2v) is 5.98. The third kappa shape index (κ3) is 6.28. The van der Waals surface area contributed by atoms with Gasteiger partial charge in [0.2, 0.25) is 0 Å². The molecule has 0 spiro atoms. The molecule has 0 saturated heterocycles. The first-order valence-electron chi connectivity index (χ1n) is 7.66. The van der Waals surface area contributed by atoms with Crippen LogP contribution in [0, 0.1) is 0 Å². The molecule has 0 unspecified atom stereocenters. The van der Waals surface area contributed by atoms with Crippen molar-refractivity contribution in [2.45, 2.75) is 51.0 Å². The van der Waals surface area contributed by atoms with Gasteiger partial charge in [-0.1, -0.05) is 30.9 Å². The first-order valence-corrected chi connectivity index (χ1v) is 8.04. The number of benzene rings is 1. The van der Waals surface area contributed by atoms with E-state index in [4.69, 9.17) is 27.8 Å². The number of amides is 1. The summed E-state index contributed by atoms with van der Waals surface area (Å²) in [6, 6.07) is 4.87. The molecule has 0 aliphatic heterocycles. The van der Waals surface area contributed by atoms with Crippen molar-refractivity contribution in [2.75, 3.05) is 0 Å². The Kier molecular flexibility index (Phi) is 8.20. The van der Waals surface area contributed by atoms with Crippen molar-refractivity contribution >= 4 is 35.9 Å². The summed E-state index contributed by atoms with van der Waals surface area (Å²) in [7, 11) is 0. The summed E-state index contributed by atoms with van der Waals surface area (Å²) in [5, 5.41) is 0.402. The molecule has 0 heterocycles. The lowest BCUT2D eigenvalue weighted by Gasteiger charge is -2.22. The van der Waals surface area contributed by atoms with Crippen molar-refractivity contribution in [2.24, 2.45) is 16.5 Å². The fraction of sp³-hybridized carbons (Fsp3) is 0.500. The topological polar surface area (TPSA) is 90.7 Å². The molecule has 7 heteroatoms. The molecule has 0 radical (unpaired) electrons. The van der Waals surface area contributed by atoms with E-state index in [-0.39, 0.29) is 24.5 Å². The van der Waals surface area contributed by atoms with E-state index in [9.17, 15) is 4.79 Å². The number of hydrogen-bond acceptors (Lipinski definition) is 2. The minimum absolute atomic E-state index is 0. The fourth-order valence-electron chi connectivity index (χ4n) is 2.63. The second-order valence-electron chi connectivity index (χ2n) is 5.57. The SMILES string of the molecule is Cl.NC(N)=NC(=O)c1ccc(OC2CCCCCCC2)c(Cl)c1. The van der Waals surface area contributed by atoms with Crippen LogP contribution in [0.5, 0.6) is 5.75 Å². The van der Waals surface area contributed by atoms with Crippen molar-refractivity contribution < 1.29 is 9.53 Å². The van der Waals surface area contributed by atoms with Gasteiger partial charge in [0.25, 0.3) is 5.91 Å². The van der Waals surface area contributed by atoms with E-state index in [1.165, 1.54) is 38.2 Å². The van der Waals surface area contributed by atoms with Crippen molar-refractivity contribution in [3.05, 3.63) is 28.8 Å². The van der Waals surface area contributed by atoms with Crippen molar-refractivity contribution in [3.63, 3.8) is 0 Å². The Morgan fingerprint density at radius 2 is 1.74 bits per heavy atom. The number of rotatable bonds is 3. The lowest BCUT2D eigenvalue weighted by atomic mass is 9.98. The second kappa shape index (κ2) is 9.63. The molecule has 0 aromatic heterocycles. The average molecular weight is 360 g/mol. The van der Waals surface area contributed by atoms with E-state index >= 15 is 0 Å². The summed E-state index contributed by atoms with van der Waals surface area (Å²) in [6.07, 6.45) is 8.49. The van der Waals surface area contributed by atoms with Crippen LogP contribution in [0.4, 0.5) is 0 Å². The molecule has 1 fully saturated rings. The van der Waals surface area contributed by atoms with Gasteiger partial charge in [-0.25, -0.2) is 0 Å². The predicted octanol–water partition coefficient (Wildman–Crippen LogP) is 3.67. The Labute approximate surface area is 147 Å². The number of aliphatic imine (C=N–C) groups is 1. The zero-order valence-electron chi connectivity index (χ0n) is 13.0. The molecular formula is C16H23Cl2N3O2. The number of guanidine groups is 1. The molecule has 5 nitrogen and oxygen atoms in total. The summed E-state index contributed by atoms with van der Waals surface area (Å²) in [6.45, 7) is 0. The Hall–Kier alpha value is -1.46. The maximum atomic E-state index is 11.7. The third-order valence-corrected chi connectivity index (χ3v) is 4.05. The van der Waals surface area contributed by atoms with E-state index < -0.39 is 5.91 Å². The van der Waals surface area contributed by atoms with Gasteiger partial charge in [0.05, 0.1) is 11.1 Å². The Morgan fingerprint density at radius 1 is 1.13 bits per heavy atom. The van der Waals surface area contributed by atoms with E-state index in [0.717, 1.165) is 12.8 Å². The largest absolute Gasteiger partial charge is 0.489 e. The number of carbonyl (C=O) groups excluding carboxylic acids is 1. The molecule has 0 atom stereocenters.